The summed E-state index contributed by atoms with van der Waals surface area (Å²) in [6.07, 6.45) is 11.3. The maximum absolute atomic E-state index is 11.5. The van der Waals surface area contributed by atoms with Gasteiger partial charge < -0.3 is 10.0 Å². The van der Waals surface area contributed by atoms with Crippen LogP contribution in [-0.4, -0.2) is 42.0 Å². The molecule has 1 fully saturated rings. The first-order valence-electron chi connectivity index (χ1n) is 5.74. The molecule has 1 unspecified atom stereocenters. The van der Waals surface area contributed by atoms with Crippen molar-refractivity contribution in [2.24, 2.45) is 5.92 Å². The van der Waals surface area contributed by atoms with Gasteiger partial charge >= 0.3 is 0 Å². The molecule has 1 atom stereocenters. The fourth-order valence-corrected chi connectivity index (χ4v) is 2.22. The van der Waals surface area contributed by atoms with E-state index in [1.165, 1.54) is 0 Å². The molecule has 3 nitrogen and oxygen atoms in total. The molecule has 1 aliphatic rings. The standard InChI is InChI=1S/C11H21NO2.C2H2/c1-8(13)11(14)9-4-6-10(7-5-9)12(2)3;1-2/h8-10,13H,4-7H2,1-3H3;1-2H. The van der Waals surface area contributed by atoms with Crippen LogP contribution in [0.4, 0.5) is 0 Å². The van der Waals surface area contributed by atoms with E-state index in [0.717, 1.165) is 25.7 Å². The molecule has 0 saturated heterocycles. The van der Waals surface area contributed by atoms with E-state index in [4.69, 9.17) is 0 Å². The Hall–Kier alpha value is -0.850. The number of hydrogen-bond acceptors (Lipinski definition) is 3. The molecule has 0 aromatic carbocycles. The minimum Gasteiger partial charge on any atom is -0.386 e. The number of carbonyl (C=O) groups excluding carboxylic acids is 1. The van der Waals surface area contributed by atoms with Gasteiger partial charge in [0.15, 0.2) is 5.78 Å². The number of carbonyl (C=O) groups is 1. The normalized spacial score (nSPS) is 26.7. The van der Waals surface area contributed by atoms with Crippen LogP contribution in [0.3, 0.4) is 0 Å². The number of rotatable bonds is 3. The molecule has 16 heavy (non-hydrogen) atoms. The first-order valence-corrected chi connectivity index (χ1v) is 5.74. The zero-order valence-electron chi connectivity index (χ0n) is 10.5. The van der Waals surface area contributed by atoms with E-state index in [-0.39, 0.29) is 11.7 Å². The van der Waals surface area contributed by atoms with E-state index >= 15 is 0 Å². The van der Waals surface area contributed by atoms with Crippen LogP contribution < -0.4 is 0 Å². The Kier molecular flexibility index (Phi) is 7.03. The second-order valence-corrected chi connectivity index (χ2v) is 4.55. The molecule has 0 aromatic rings. The van der Waals surface area contributed by atoms with Crippen molar-refractivity contribution in [2.75, 3.05) is 14.1 Å². The predicted molar refractivity (Wildman–Crippen MR) is 66.0 cm³/mol. The van der Waals surface area contributed by atoms with E-state index in [0.29, 0.717) is 6.04 Å². The van der Waals surface area contributed by atoms with Crippen molar-refractivity contribution in [2.45, 2.75) is 44.8 Å². The van der Waals surface area contributed by atoms with Gasteiger partial charge in [-0.2, -0.15) is 0 Å². The van der Waals surface area contributed by atoms with Crippen LogP contribution in [0.5, 0.6) is 0 Å². The minimum absolute atomic E-state index is 0.0298. The highest BCUT2D eigenvalue weighted by molar-refractivity contribution is 5.84. The average Bonchev–Trinajstić information content (AvgIpc) is 2.30. The third kappa shape index (κ3) is 4.34. The summed E-state index contributed by atoms with van der Waals surface area (Å²) in [5, 5.41) is 9.19. The lowest BCUT2D eigenvalue weighted by Gasteiger charge is -2.32. The lowest BCUT2D eigenvalue weighted by Crippen LogP contribution is -2.36. The summed E-state index contributed by atoms with van der Waals surface area (Å²) in [5.41, 5.74) is 0. The molecule has 0 bridgehead atoms. The smallest absolute Gasteiger partial charge is 0.164 e. The Morgan fingerprint density at radius 2 is 1.69 bits per heavy atom. The van der Waals surface area contributed by atoms with Crippen LogP contribution in [0.15, 0.2) is 0 Å². The van der Waals surface area contributed by atoms with Crippen molar-refractivity contribution in [1.29, 1.82) is 0 Å². The number of ketones is 1. The van der Waals surface area contributed by atoms with Gasteiger partial charge in [0.25, 0.3) is 0 Å². The molecule has 0 radical (unpaired) electrons. The molecule has 1 saturated carbocycles. The van der Waals surface area contributed by atoms with Crippen LogP contribution in [0.1, 0.15) is 32.6 Å². The molecule has 3 heteroatoms. The minimum atomic E-state index is -0.782. The Morgan fingerprint density at radius 1 is 1.25 bits per heavy atom. The maximum Gasteiger partial charge on any atom is 0.164 e. The highest BCUT2D eigenvalue weighted by Gasteiger charge is 2.28. The quantitative estimate of drug-likeness (QED) is 0.736. The zero-order chi connectivity index (χ0) is 12.7. The molecule has 0 aliphatic heterocycles. The Morgan fingerprint density at radius 3 is 2.00 bits per heavy atom. The zero-order valence-corrected chi connectivity index (χ0v) is 10.5. The Bertz CT molecular complexity index is 225. The summed E-state index contributed by atoms with van der Waals surface area (Å²) in [6.45, 7) is 1.57. The first-order chi connectivity index (χ1) is 7.52. The van der Waals surface area contributed by atoms with E-state index in [2.05, 4.69) is 31.8 Å². The third-order valence-electron chi connectivity index (χ3n) is 3.24. The highest BCUT2D eigenvalue weighted by Crippen LogP contribution is 2.27. The van der Waals surface area contributed by atoms with Gasteiger partial charge in [0, 0.05) is 12.0 Å². The highest BCUT2D eigenvalue weighted by atomic mass is 16.3. The van der Waals surface area contributed by atoms with Gasteiger partial charge in [-0.3, -0.25) is 4.79 Å². The van der Waals surface area contributed by atoms with Crippen LogP contribution in [-0.2, 0) is 4.79 Å². The number of aliphatic hydroxyl groups is 1. The van der Waals surface area contributed by atoms with Gasteiger partial charge in [-0.15, -0.1) is 12.8 Å². The molecular formula is C13H23NO2. The van der Waals surface area contributed by atoms with Crippen molar-refractivity contribution in [3.8, 4) is 12.8 Å². The summed E-state index contributed by atoms with van der Waals surface area (Å²) < 4.78 is 0. The van der Waals surface area contributed by atoms with E-state index in [9.17, 15) is 9.90 Å². The largest absolute Gasteiger partial charge is 0.386 e. The molecule has 0 spiro atoms. The fraction of sp³-hybridized carbons (Fsp3) is 0.769. The Balaban J connectivity index is 0.00000106. The summed E-state index contributed by atoms with van der Waals surface area (Å²) in [5.74, 6) is 0.133. The van der Waals surface area contributed by atoms with Gasteiger partial charge in [-0.1, -0.05) is 0 Å². The number of aliphatic hydroxyl groups excluding tert-OH is 1. The molecule has 1 aliphatic carbocycles. The number of terminal acetylenes is 1. The van der Waals surface area contributed by atoms with Gasteiger partial charge in [-0.05, 0) is 46.7 Å². The van der Waals surface area contributed by atoms with E-state index in [1.54, 1.807) is 6.92 Å². The van der Waals surface area contributed by atoms with E-state index < -0.39 is 6.10 Å². The number of Topliss-reactive ketones (excluding diaryl/α,β-unsaturated/α-hetero) is 1. The summed E-state index contributed by atoms with van der Waals surface area (Å²) in [6, 6.07) is 0.619. The molecule has 0 heterocycles. The second-order valence-electron chi connectivity index (χ2n) is 4.55. The van der Waals surface area contributed by atoms with Gasteiger partial charge in [0.05, 0.1) is 0 Å². The maximum atomic E-state index is 11.5. The fourth-order valence-electron chi connectivity index (χ4n) is 2.22. The SMILES string of the molecule is C#C.CC(O)C(=O)C1CCC(N(C)C)CC1. The molecule has 0 amide bonds. The number of nitrogens with zero attached hydrogens (tertiary/aromatic N) is 1. The summed E-state index contributed by atoms with van der Waals surface area (Å²) in [4.78, 5) is 13.7. The molecule has 1 rings (SSSR count). The predicted octanol–water partition coefficient (Wildman–Crippen LogP) is 1.31. The first kappa shape index (κ1) is 15.2. The number of hydrogen-bond donors (Lipinski definition) is 1. The lowest BCUT2D eigenvalue weighted by atomic mass is 9.82. The van der Waals surface area contributed by atoms with Crippen LogP contribution in [0.25, 0.3) is 0 Å². The van der Waals surface area contributed by atoms with Gasteiger partial charge in [0.2, 0.25) is 0 Å². The summed E-state index contributed by atoms with van der Waals surface area (Å²) in [7, 11) is 4.17. The van der Waals surface area contributed by atoms with Crippen LogP contribution in [0, 0.1) is 18.8 Å². The molecule has 92 valence electrons. The van der Waals surface area contributed by atoms with Crippen molar-refractivity contribution in [3.05, 3.63) is 0 Å². The van der Waals surface area contributed by atoms with Crippen molar-refractivity contribution < 1.29 is 9.90 Å². The van der Waals surface area contributed by atoms with Gasteiger partial charge in [0.1, 0.15) is 6.10 Å². The van der Waals surface area contributed by atoms with Gasteiger partial charge in [-0.25, -0.2) is 0 Å². The summed E-state index contributed by atoms with van der Waals surface area (Å²) >= 11 is 0. The van der Waals surface area contributed by atoms with E-state index in [1.807, 2.05) is 0 Å². The monoisotopic (exact) mass is 225 g/mol. The topological polar surface area (TPSA) is 40.5 Å². The van der Waals surface area contributed by atoms with Crippen molar-refractivity contribution in [3.63, 3.8) is 0 Å². The van der Waals surface area contributed by atoms with Crippen LogP contribution >= 0.6 is 0 Å². The van der Waals surface area contributed by atoms with Crippen molar-refractivity contribution in [1.82, 2.24) is 4.90 Å². The van der Waals surface area contributed by atoms with Crippen molar-refractivity contribution >= 4 is 5.78 Å². The molecular weight excluding hydrogens is 202 g/mol. The second kappa shape index (κ2) is 7.43. The van der Waals surface area contributed by atoms with Crippen LogP contribution in [0.2, 0.25) is 0 Å². The lowest BCUT2D eigenvalue weighted by molar-refractivity contribution is -0.131. The average molecular weight is 225 g/mol. The molecule has 0 aromatic heterocycles. The third-order valence-corrected chi connectivity index (χ3v) is 3.24. The Labute approximate surface area is 98.8 Å². The molecule has 1 N–H and O–H groups in total.